The van der Waals surface area contributed by atoms with Gasteiger partial charge in [0.15, 0.2) is 0 Å². The van der Waals surface area contributed by atoms with Crippen LogP contribution in [0.15, 0.2) is 18.2 Å². The van der Waals surface area contributed by atoms with E-state index in [1.54, 1.807) is 12.1 Å². The monoisotopic (exact) mass is 261 g/mol. The summed E-state index contributed by atoms with van der Waals surface area (Å²) in [5.41, 5.74) is 0.671. The maximum absolute atomic E-state index is 10.9. The third kappa shape index (κ3) is 3.42. The number of nitrogens with zero attached hydrogens (tertiary/aromatic N) is 2. The zero-order chi connectivity index (χ0) is 13.7. The van der Waals surface area contributed by atoms with Crippen LogP contribution >= 0.6 is 0 Å². The Kier molecular flexibility index (Phi) is 4.31. The molecule has 1 saturated heterocycles. The van der Waals surface area contributed by atoms with Crippen molar-refractivity contribution in [3.63, 3.8) is 0 Å². The molecule has 0 bridgehead atoms. The molecule has 0 radical (unpaired) electrons. The molecule has 1 atom stereocenters. The molecule has 0 saturated carbocycles. The van der Waals surface area contributed by atoms with E-state index in [0.29, 0.717) is 12.2 Å². The van der Waals surface area contributed by atoms with Crippen LogP contribution in [-0.2, 0) is 4.74 Å². The molecule has 1 aromatic carbocycles. The predicted molar refractivity (Wildman–Crippen MR) is 69.9 cm³/mol. The summed E-state index contributed by atoms with van der Waals surface area (Å²) < 4.78 is 5.49. The van der Waals surface area contributed by atoms with Gasteiger partial charge in [-0.1, -0.05) is 0 Å². The number of benzene rings is 1. The molecule has 6 heteroatoms. The van der Waals surface area contributed by atoms with Crippen molar-refractivity contribution in [3.8, 4) is 6.07 Å². The van der Waals surface area contributed by atoms with Crippen molar-refractivity contribution in [2.45, 2.75) is 25.4 Å². The lowest BCUT2D eigenvalue weighted by atomic mass is 10.1. The van der Waals surface area contributed by atoms with E-state index in [-0.39, 0.29) is 17.4 Å². The summed E-state index contributed by atoms with van der Waals surface area (Å²) in [6.45, 7) is 1.43. The highest BCUT2D eigenvalue weighted by Gasteiger charge is 2.17. The fourth-order valence-electron chi connectivity index (χ4n) is 2.14. The Hall–Kier alpha value is -2.13. The van der Waals surface area contributed by atoms with Crippen LogP contribution in [0.1, 0.15) is 24.8 Å². The molecule has 100 valence electrons. The van der Waals surface area contributed by atoms with Crippen molar-refractivity contribution in [1.29, 1.82) is 5.26 Å². The van der Waals surface area contributed by atoms with E-state index in [0.717, 1.165) is 25.9 Å². The highest BCUT2D eigenvalue weighted by atomic mass is 16.6. The molecule has 1 aromatic rings. The third-order valence-electron chi connectivity index (χ3n) is 3.13. The highest BCUT2D eigenvalue weighted by Crippen LogP contribution is 2.25. The van der Waals surface area contributed by atoms with Crippen molar-refractivity contribution >= 4 is 11.4 Å². The summed E-state index contributed by atoms with van der Waals surface area (Å²) in [5.74, 6) is 0. The number of anilines is 1. The normalized spacial score (nSPS) is 17.9. The van der Waals surface area contributed by atoms with Crippen LogP contribution in [0, 0.1) is 21.4 Å². The molecule has 1 fully saturated rings. The summed E-state index contributed by atoms with van der Waals surface area (Å²) in [5, 5.41) is 22.7. The van der Waals surface area contributed by atoms with Gasteiger partial charge >= 0.3 is 0 Å². The van der Waals surface area contributed by atoms with Gasteiger partial charge in [-0.2, -0.15) is 5.26 Å². The Morgan fingerprint density at radius 1 is 1.58 bits per heavy atom. The Balaban J connectivity index is 1.98. The zero-order valence-electron chi connectivity index (χ0n) is 10.5. The second-order valence-corrected chi connectivity index (χ2v) is 4.45. The van der Waals surface area contributed by atoms with E-state index in [1.807, 2.05) is 6.07 Å². The minimum atomic E-state index is -0.477. The lowest BCUT2D eigenvalue weighted by Gasteiger charge is -2.11. The third-order valence-corrected chi connectivity index (χ3v) is 3.13. The topological polar surface area (TPSA) is 88.2 Å². The minimum absolute atomic E-state index is 0.0635. The van der Waals surface area contributed by atoms with Crippen LogP contribution in [0.3, 0.4) is 0 Å². The number of nitro groups is 1. The summed E-state index contributed by atoms with van der Waals surface area (Å²) in [6, 6.07) is 6.33. The fraction of sp³-hybridized carbons (Fsp3) is 0.462. The molecule has 0 aromatic heterocycles. The molecule has 1 aliphatic heterocycles. The van der Waals surface area contributed by atoms with E-state index in [9.17, 15) is 10.1 Å². The lowest BCUT2D eigenvalue weighted by molar-refractivity contribution is -0.384. The maximum atomic E-state index is 10.9. The van der Waals surface area contributed by atoms with Gasteiger partial charge in [-0.3, -0.25) is 10.1 Å². The van der Waals surface area contributed by atoms with Crippen LogP contribution in [0.5, 0.6) is 0 Å². The van der Waals surface area contributed by atoms with Gasteiger partial charge < -0.3 is 10.1 Å². The second kappa shape index (κ2) is 6.16. The summed E-state index contributed by atoms with van der Waals surface area (Å²) in [6.07, 6.45) is 3.22. The SMILES string of the molecule is N#Cc1ccc(NCC[C@@H]2CCCO2)c([N+](=O)[O-])c1. The summed E-state index contributed by atoms with van der Waals surface area (Å²) in [4.78, 5) is 10.5. The number of hydrogen-bond acceptors (Lipinski definition) is 5. The van der Waals surface area contributed by atoms with Gasteiger partial charge in [-0.15, -0.1) is 0 Å². The van der Waals surface area contributed by atoms with Gasteiger partial charge in [-0.05, 0) is 31.4 Å². The Morgan fingerprint density at radius 3 is 3.05 bits per heavy atom. The Morgan fingerprint density at radius 2 is 2.42 bits per heavy atom. The number of nitro benzene ring substituents is 1. The van der Waals surface area contributed by atoms with Crippen molar-refractivity contribution < 1.29 is 9.66 Å². The van der Waals surface area contributed by atoms with Gasteiger partial charge in [0.05, 0.1) is 22.7 Å². The smallest absolute Gasteiger partial charge is 0.293 e. The standard InChI is InChI=1S/C13H15N3O3/c14-9-10-3-4-12(13(8-10)16(17)18)15-6-5-11-2-1-7-19-11/h3-4,8,11,15H,1-2,5-7H2/t11-/m0/s1. The quantitative estimate of drug-likeness (QED) is 0.649. The molecule has 19 heavy (non-hydrogen) atoms. The average molecular weight is 261 g/mol. The first-order chi connectivity index (χ1) is 9.20. The Bertz CT molecular complexity index is 504. The van der Waals surface area contributed by atoms with Crippen molar-refractivity contribution in [1.82, 2.24) is 0 Å². The van der Waals surface area contributed by atoms with Crippen molar-refractivity contribution in [2.24, 2.45) is 0 Å². The van der Waals surface area contributed by atoms with Crippen LogP contribution in [0.25, 0.3) is 0 Å². The molecule has 0 unspecified atom stereocenters. The van der Waals surface area contributed by atoms with Gasteiger partial charge in [0, 0.05) is 19.2 Å². The lowest BCUT2D eigenvalue weighted by Crippen LogP contribution is -2.13. The molecular formula is C13H15N3O3. The molecule has 6 nitrogen and oxygen atoms in total. The molecule has 1 N–H and O–H groups in total. The molecular weight excluding hydrogens is 246 g/mol. The molecule has 0 amide bonds. The van der Waals surface area contributed by atoms with E-state index in [4.69, 9.17) is 10.00 Å². The molecule has 0 aliphatic carbocycles. The largest absolute Gasteiger partial charge is 0.379 e. The molecule has 1 heterocycles. The number of nitrogens with one attached hydrogen (secondary N) is 1. The first kappa shape index (κ1) is 13.3. The van der Waals surface area contributed by atoms with Crippen LogP contribution in [-0.4, -0.2) is 24.2 Å². The van der Waals surface area contributed by atoms with Crippen LogP contribution in [0.4, 0.5) is 11.4 Å². The van der Waals surface area contributed by atoms with E-state index in [2.05, 4.69) is 5.32 Å². The predicted octanol–water partition coefficient (Wildman–Crippen LogP) is 2.45. The molecule has 0 spiro atoms. The van der Waals surface area contributed by atoms with Gasteiger partial charge in [-0.25, -0.2) is 0 Å². The zero-order valence-corrected chi connectivity index (χ0v) is 10.5. The van der Waals surface area contributed by atoms with Gasteiger partial charge in [0.1, 0.15) is 5.69 Å². The first-order valence-electron chi connectivity index (χ1n) is 6.24. The average Bonchev–Trinajstić information content (AvgIpc) is 2.92. The molecule has 1 aliphatic rings. The van der Waals surface area contributed by atoms with Crippen LogP contribution in [0.2, 0.25) is 0 Å². The highest BCUT2D eigenvalue weighted by molar-refractivity contribution is 5.63. The number of nitriles is 1. The number of rotatable bonds is 5. The van der Waals surface area contributed by atoms with E-state index in [1.165, 1.54) is 6.07 Å². The Labute approximate surface area is 111 Å². The van der Waals surface area contributed by atoms with E-state index >= 15 is 0 Å². The fourth-order valence-corrected chi connectivity index (χ4v) is 2.14. The number of hydrogen-bond donors (Lipinski definition) is 1. The van der Waals surface area contributed by atoms with E-state index < -0.39 is 4.92 Å². The summed E-state index contributed by atoms with van der Waals surface area (Å²) >= 11 is 0. The second-order valence-electron chi connectivity index (χ2n) is 4.45. The number of ether oxygens (including phenoxy) is 1. The van der Waals surface area contributed by atoms with Crippen LogP contribution < -0.4 is 5.32 Å². The van der Waals surface area contributed by atoms with Gasteiger partial charge in [0.25, 0.3) is 5.69 Å². The van der Waals surface area contributed by atoms with Gasteiger partial charge in [0.2, 0.25) is 0 Å². The van der Waals surface area contributed by atoms with Crippen molar-refractivity contribution in [3.05, 3.63) is 33.9 Å². The maximum Gasteiger partial charge on any atom is 0.293 e. The first-order valence-corrected chi connectivity index (χ1v) is 6.24. The minimum Gasteiger partial charge on any atom is -0.379 e. The summed E-state index contributed by atoms with van der Waals surface area (Å²) in [7, 11) is 0. The van der Waals surface area contributed by atoms with Crippen molar-refractivity contribution in [2.75, 3.05) is 18.5 Å². The molecule has 2 rings (SSSR count).